The van der Waals surface area contributed by atoms with Crippen molar-refractivity contribution in [2.24, 2.45) is 0 Å². The van der Waals surface area contributed by atoms with E-state index in [0.717, 1.165) is 12.8 Å². The Morgan fingerprint density at radius 2 is 1.13 bits per heavy atom. The molecule has 0 atom stereocenters. The van der Waals surface area contributed by atoms with Crippen LogP contribution in [0.4, 0.5) is 11.4 Å². The van der Waals surface area contributed by atoms with E-state index >= 15 is 0 Å². The Bertz CT molecular complexity index is 2320. The van der Waals surface area contributed by atoms with E-state index in [1.807, 2.05) is 0 Å². The molecule has 218 valence electrons. The molecule has 0 unspecified atom stereocenters. The van der Waals surface area contributed by atoms with E-state index in [1.165, 1.54) is 71.7 Å². The molecule has 1 nitrogen and oxygen atoms in total. The Kier molecular flexibility index (Phi) is 6.24. The van der Waals surface area contributed by atoms with Gasteiger partial charge < -0.3 is 4.90 Å². The minimum Gasteiger partial charge on any atom is -0.314 e. The lowest BCUT2D eigenvalue weighted by molar-refractivity contribution is 0.775. The van der Waals surface area contributed by atoms with Gasteiger partial charge in [0.2, 0.25) is 0 Å². The minimum atomic E-state index is -0.491. The highest BCUT2D eigenvalue weighted by atomic mass is 15.1. The molecule has 0 N–H and O–H groups in total. The van der Waals surface area contributed by atoms with Gasteiger partial charge in [0.15, 0.2) is 0 Å². The van der Waals surface area contributed by atoms with Crippen LogP contribution >= 0.6 is 0 Å². The summed E-state index contributed by atoms with van der Waals surface area (Å²) in [4.78, 5) is 2.51. The van der Waals surface area contributed by atoms with Gasteiger partial charge in [0, 0.05) is 22.3 Å². The van der Waals surface area contributed by atoms with Gasteiger partial charge in [-0.2, -0.15) is 0 Å². The monoisotopic (exact) mass is 587 g/mol. The average molecular weight is 588 g/mol. The van der Waals surface area contributed by atoms with Gasteiger partial charge in [-0.05, 0) is 86.5 Å². The first-order valence-corrected chi connectivity index (χ1v) is 16.3. The van der Waals surface area contributed by atoms with Crippen LogP contribution in [0.25, 0.3) is 33.7 Å². The maximum atomic E-state index is 2.51. The summed E-state index contributed by atoms with van der Waals surface area (Å²) in [5.41, 5.74) is 11.1. The molecule has 0 radical (unpaired) electrons. The van der Waals surface area contributed by atoms with Gasteiger partial charge in [-0.3, -0.25) is 0 Å². The Morgan fingerprint density at radius 3 is 1.89 bits per heavy atom. The third kappa shape index (κ3) is 3.95. The van der Waals surface area contributed by atoms with Crippen LogP contribution < -0.4 is 15.3 Å². The summed E-state index contributed by atoms with van der Waals surface area (Å²) in [6.45, 7) is 0. The Morgan fingerprint density at radius 1 is 0.500 bits per heavy atom. The van der Waals surface area contributed by atoms with Crippen molar-refractivity contribution in [1.82, 2.24) is 0 Å². The summed E-state index contributed by atoms with van der Waals surface area (Å²) >= 11 is 0. The molecule has 0 fully saturated rings. The number of anilines is 2. The fraction of sp³-hybridized carbons (Fsp3) is 0.0667. The van der Waals surface area contributed by atoms with Gasteiger partial charge in [0.1, 0.15) is 0 Å². The summed E-state index contributed by atoms with van der Waals surface area (Å²) in [6.07, 6.45) is 4.38. The molecule has 7 aromatic carbocycles. The highest BCUT2D eigenvalue weighted by molar-refractivity contribution is 6.01. The standard InChI is InChI=1S/C45H33N/c1-4-18-34(19-5-1)45(35-20-6-2-7-21-35)42-31-37(28-30-40(42)41-29-27-33-16-11-13-25-39(33)44(41)45)46(36-22-8-3-9-23-36)43-26-14-17-32-15-10-12-24-38(32)43/h1-13,15-25,27-31H,14,26H2. The number of hydrogen-bond acceptors (Lipinski definition) is 1. The van der Waals surface area contributed by atoms with Crippen LogP contribution in [0.1, 0.15) is 35.1 Å². The lowest BCUT2D eigenvalue weighted by Crippen LogP contribution is -2.35. The van der Waals surface area contributed by atoms with Crippen LogP contribution in [0.3, 0.4) is 0 Å². The average Bonchev–Trinajstić information content (AvgIpc) is 3.44. The van der Waals surface area contributed by atoms with Crippen molar-refractivity contribution < 1.29 is 0 Å². The SMILES string of the molecule is C1=c2ccccc2=C(N(c2ccccc2)c2ccc3c(c2)C(c2ccccc2)(c2ccccc2)c2c-3ccc3ccccc23)CC1. The lowest BCUT2D eigenvalue weighted by Gasteiger charge is -2.36. The van der Waals surface area contributed by atoms with Crippen molar-refractivity contribution >= 4 is 33.9 Å². The fourth-order valence-corrected chi connectivity index (χ4v) is 8.10. The zero-order chi connectivity index (χ0) is 30.5. The molecule has 0 bridgehead atoms. The molecule has 0 aromatic heterocycles. The van der Waals surface area contributed by atoms with E-state index in [9.17, 15) is 0 Å². The molecule has 0 aliphatic heterocycles. The molecule has 2 aliphatic carbocycles. The van der Waals surface area contributed by atoms with E-state index in [1.54, 1.807) is 0 Å². The second-order valence-electron chi connectivity index (χ2n) is 12.4. The molecule has 9 rings (SSSR count). The Labute approximate surface area is 270 Å². The summed E-state index contributed by atoms with van der Waals surface area (Å²) in [7, 11) is 0. The van der Waals surface area contributed by atoms with Crippen LogP contribution in [0, 0.1) is 0 Å². The highest BCUT2D eigenvalue weighted by Crippen LogP contribution is 2.59. The van der Waals surface area contributed by atoms with Gasteiger partial charge in [-0.15, -0.1) is 0 Å². The number of benzene rings is 7. The number of fused-ring (bicyclic) bond motifs is 6. The van der Waals surface area contributed by atoms with Crippen molar-refractivity contribution in [3.63, 3.8) is 0 Å². The first-order valence-electron chi connectivity index (χ1n) is 16.3. The second-order valence-corrected chi connectivity index (χ2v) is 12.4. The van der Waals surface area contributed by atoms with Crippen LogP contribution in [-0.4, -0.2) is 0 Å². The minimum absolute atomic E-state index is 0.491. The normalized spacial score (nSPS) is 14.2. The number of hydrogen-bond donors (Lipinski definition) is 0. The van der Waals surface area contributed by atoms with E-state index < -0.39 is 5.41 Å². The molecule has 0 spiro atoms. The third-order valence-electron chi connectivity index (χ3n) is 9.97. The van der Waals surface area contributed by atoms with Gasteiger partial charge in [-0.1, -0.05) is 152 Å². The molecular formula is C45H33N. The summed E-state index contributed by atoms with van der Waals surface area (Å²) in [6, 6.07) is 62.7. The van der Waals surface area contributed by atoms with Gasteiger partial charge in [0.05, 0.1) is 5.41 Å². The molecule has 2 aliphatic rings. The predicted molar refractivity (Wildman–Crippen MR) is 193 cm³/mol. The number of nitrogens with zero attached hydrogens (tertiary/aromatic N) is 1. The maximum Gasteiger partial charge on any atom is 0.0720 e. The molecule has 1 heteroatoms. The summed E-state index contributed by atoms with van der Waals surface area (Å²) in [5.74, 6) is 0. The zero-order valence-corrected chi connectivity index (χ0v) is 25.6. The third-order valence-corrected chi connectivity index (χ3v) is 9.97. The van der Waals surface area contributed by atoms with Crippen molar-refractivity contribution in [3.8, 4) is 11.1 Å². The highest BCUT2D eigenvalue weighted by Gasteiger charge is 2.47. The first-order chi connectivity index (χ1) is 22.8. The van der Waals surface area contributed by atoms with E-state index in [0.29, 0.717) is 0 Å². The topological polar surface area (TPSA) is 3.24 Å². The Balaban J connectivity index is 1.41. The van der Waals surface area contributed by atoms with Crippen LogP contribution in [0.2, 0.25) is 0 Å². The van der Waals surface area contributed by atoms with E-state index in [-0.39, 0.29) is 0 Å². The number of para-hydroxylation sites is 1. The molecular weight excluding hydrogens is 555 g/mol. The van der Waals surface area contributed by atoms with Crippen molar-refractivity contribution in [3.05, 3.63) is 203 Å². The molecule has 46 heavy (non-hydrogen) atoms. The summed E-state index contributed by atoms with van der Waals surface area (Å²) < 4.78 is 0. The quantitative estimate of drug-likeness (QED) is 0.194. The van der Waals surface area contributed by atoms with Crippen LogP contribution in [0.15, 0.2) is 170 Å². The summed E-state index contributed by atoms with van der Waals surface area (Å²) in [5, 5.41) is 5.19. The van der Waals surface area contributed by atoms with E-state index in [4.69, 9.17) is 0 Å². The molecule has 0 saturated heterocycles. The maximum absolute atomic E-state index is 2.51. The van der Waals surface area contributed by atoms with Crippen molar-refractivity contribution in [2.75, 3.05) is 4.90 Å². The molecule has 0 heterocycles. The van der Waals surface area contributed by atoms with Gasteiger partial charge >= 0.3 is 0 Å². The predicted octanol–water partition coefficient (Wildman–Crippen LogP) is 9.72. The smallest absolute Gasteiger partial charge is 0.0720 e. The van der Waals surface area contributed by atoms with Crippen LogP contribution in [0.5, 0.6) is 0 Å². The van der Waals surface area contributed by atoms with Gasteiger partial charge in [0.25, 0.3) is 0 Å². The first kappa shape index (κ1) is 26.7. The zero-order valence-electron chi connectivity index (χ0n) is 25.6. The largest absolute Gasteiger partial charge is 0.314 e. The van der Waals surface area contributed by atoms with Gasteiger partial charge in [-0.25, -0.2) is 0 Å². The molecule has 0 amide bonds. The number of rotatable bonds is 5. The Hall–Kier alpha value is -5.66. The van der Waals surface area contributed by atoms with Crippen molar-refractivity contribution in [1.29, 1.82) is 0 Å². The second kappa shape index (κ2) is 10.8. The fourth-order valence-electron chi connectivity index (χ4n) is 8.10. The molecule has 0 saturated carbocycles. The van der Waals surface area contributed by atoms with Crippen LogP contribution in [-0.2, 0) is 5.41 Å². The molecule has 7 aromatic rings. The van der Waals surface area contributed by atoms with E-state index in [2.05, 4.69) is 181 Å². The lowest BCUT2D eigenvalue weighted by atomic mass is 9.66. The van der Waals surface area contributed by atoms with Crippen molar-refractivity contribution in [2.45, 2.75) is 18.3 Å².